The summed E-state index contributed by atoms with van der Waals surface area (Å²) in [6.07, 6.45) is -0.430. The highest BCUT2D eigenvalue weighted by Crippen LogP contribution is 2.06. The summed E-state index contributed by atoms with van der Waals surface area (Å²) in [6.45, 7) is 11.5. The van der Waals surface area contributed by atoms with Gasteiger partial charge in [-0.05, 0) is 34.6 Å². The fourth-order valence-electron chi connectivity index (χ4n) is 1.74. The number of aromatic nitrogens is 3. The quantitative estimate of drug-likeness (QED) is 0.400. The molecule has 0 aliphatic rings. The summed E-state index contributed by atoms with van der Waals surface area (Å²) >= 11 is 0. The molecule has 0 unspecified atom stereocenters. The first kappa shape index (κ1) is 19.7. The van der Waals surface area contributed by atoms with Crippen LogP contribution in [0, 0.1) is 6.92 Å². The van der Waals surface area contributed by atoms with Gasteiger partial charge >= 0.3 is 6.09 Å². The third kappa shape index (κ3) is 7.30. The van der Waals surface area contributed by atoms with Gasteiger partial charge in [-0.25, -0.2) is 9.79 Å². The van der Waals surface area contributed by atoms with E-state index < -0.39 is 11.7 Å². The second kappa shape index (κ2) is 9.09. The number of alkyl carbamates (subject to hydrolysis) is 1. The molecule has 0 spiro atoms. The summed E-state index contributed by atoms with van der Waals surface area (Å²) in [7, 11) is 1.91. The Kier molecular flexibility index (Phi) is 7.47. The van der Waals surface area contributed by atoms with Gasteiger partial charge in [0.1, 0.15) is 18.0 Å². The number of carbonyl (C=O) groups is 1. The van der Waals surface area contributed by atoms with Gasteiger partial charge in [-0.3, -0.25) is 0 Å². The number of aliphatic imine (C=N–C) groups is 1. The van der Waals surface area contributed by atoms with Crippen molar-refractivity contribution in [2.75, 3.05) is 19.6 Å². The van der Waals surface area contributed by atoms with Crippen LogP contribution >= 0.6 is 0 Å². The van der Waals surface area contributed by atoms with Crippen LogP contribution in [0.15, 0.2) is 4.99 Å². The highest BCUT2D eigenvalue weighted by Gasteiger charge is 2.15. The number of amides is 1. The van der Waals surface area contributed by atoms with E-state index in [1.165, 1.54) is 0 Å². The number of nitrogens with zero attached hydrogens (tertiary/aromatic N) is 4. The zero-order valence-electron chi connectivity index (χ0n) is 15.4. The van der Waals surface area contributed by atoms with Crippen LogP contribution in [0.4, 0.5) is 4.79 Å². The van der Waals surface area contributed by atoms with Crippen molar-refractivity contribution >= 4 is 12.1 Å². The predicted molar refractivity (Wildman–Crippen MR) is 92.8 cm³/mol. The van der Waals surface area contributed by atoms with E-state index in [1.54, 1.807) is 0 Å². The third-order valence-electron chi connectivity index (χ3n) is 2.99. The van der Waals surface area contributed by atoms with Gasteiger partial charge in [0.25, 0.3) is 0 Å². The first-order valence-electron chi connectivity index (χ1n) is 8.07. The molecule has 1 rings (SSSR count). The number of carbonyl (C=O) groups excluding carboxylic acids is 1. The Balaban J connectivity index is 2.42. The van der Waals surface area contributed by atoms with Gasteiger partial charge in [-0.2, -0.15) is 0 Å². The molecular weight excluding hydrogens is 310 g/mol. The van der Waals surface area contributed by atoms with E-state index in [2.05, 4.69) is 31.1 Å². The molecule has 24 heavy (non-hydrogen) atoms. The van der Waals surface area contributed by atoms with Gasteiger partial charge in [0, 0.05) is 26.7 Å². The zero-order valence-corrected chi connectivity index (χ0v) is 15.4. The average Bonchev–Trinajstić information content (AvgIpc) is 2.79. The first-order chi connectivity index (χ1) is 11.2. The monoisotopic (exact) mass is 339 g/mol. The second-order valence-corrected chi connectivity index (χ2v) is 6.27. The van der Waals surface area contributed by atoms with Crippen LogP contribution in [0.1, 0.15) is 39.3 Å². The number of nitrogens with one attached hydrogen (secondary N) is 3. The lowest BCUT2D eigenvalue weighted by Crippen LogP contribution is -2.42. The molecular formula is C15H29N7O2. The summed E-state index contributed by atoms with van der Waals surface area (Å²) in [5.41, 5.74) is -0.498. The van der Waals surface area contributed by atoms with Crippen molar-refractivity contribution in [2.45, 2.75) is 46.8 Å². The Hall–Kier alpha value is -2.32. The van der Waals surface area contributed by atoms with Gasteiger partial charge in [0.15, 0.2) is 11.8 Å². The molecule has 1 heterocycles. The molecule has 0 aliphatic heterocycles. The van der Waals surface area contributed by atoms with Crippen LogP contribution in [-0.2, 0) is 18.3 Å². The molecule has 0 saturated heterocycles. The molecule has 0 fully saturated rings. The standard InChI is InChI=1S/C15H29N7O2/c1-7-16-13(19-10-12-21-20-11(2)22(12)6)17-8-9-18-14(23)24-15(3,4)5/h7-10H2,1-6H3,(H,18,23)(H2,16,17,19). The highest BCUT2D eigenvalue weighted by molar-refractivity contribution is 5.79. The predicted octanol–water partition coefficient (Wildman–Crippen LogP) is 0.703. The van der Waals surface area contributed by atoms with Crippen molar-refractivity contribution in [1.29, 1.82) is 0 Å². The third-order valence-corrected chi connectivity index (χ3v) is 2.99. The smallest absolute Gasteiger partial charge is 0.407 e. The number of aryl methyl sites for hydroxylation is 1. The van der Waals surface area contributed by atoms with Crippen LogP contribution in [0.5, 0.6) is 0 Å². The van der Waals surface area contributed by atoms with Gasteiger partial charge < -0.3 is 25.3 Å². The Morgan fingerprint density at radius 3 is 2.42 bits per heavy atom. The van der Waals surface area contributed by atoms with Gasteiger partial charge in [0.2, 0.25) is 0 Å². The molecule has 1 aromatic heterocycles. The van der Waals surface area contributed by atoms with E-state index in [0.29, 0.717) is 25.6 Å². The number of guanidine groups is 1. The van der Waals surface area contributed by atoms with Crippen molar-refractivity contribution in [2.24, 2.45) is 12.0 Å². The lowest BCUT2D eigenvalue weighted by Gasteiger charge is -2.19. The molecule has 0 saturated carbocycles. The van der Waals surface area contributed by atoms with Crippen LogP contribution in [-0.4, -0.2) is 52.1 Å². The van der Waals surface area contributed by atoms with Crippen molar-refractivity contribution in [1.82, 2.24) is 30.7 Å². The Bertz CT molecular complexity index is 561. The molecule has 0 radical (unpaired) electrons. The second-order valence-electron chi connectivity index (χ2n) is 6.27. The van der Waals surface area contributed by atoms with Crippen molar-refractivity contribution < 1.29 is 9.53 Å². The van der Waals surface area contributed by atoms with E-state index in [0.717, 1.165) is 18.2 Å². The molecule has 0 bridgehead atoms. The summed E-state index contributed by atoms with van der Waals surface area (Å²) in [6, 6.07) is 0. The van der Waals surface area contributed by atoms with Crippen LogP contribution in [0.25, 0.3) is 0 Å². The topological polar surface area (TPSA) is 105 Å². The Morgan fingerprint density at radius 2 is 1.88 bits per heavy atom. The van der Waals surface area contributed by atoms with Gasteiger partial charge in [-0.15, -0.1) is 10.2 Å². The van der Waals surface area contributed by atoms with Crippen LogP contribution in [0.2, 0.25) is 0 Å². The molecule has 3 N–H and O–H groups in total. The minimum atomic E-state index is -0.498. The zero-order chi connectivity index (χ0) is 18.2. The SMILES string of the molecule is CCNC(=NCc1nnc(C)n1C)NCCNC(=O)OC(C)(C)C. The van der Waals surface area contributed by atoms with E-state index in [4.69, 9.17) is 4.74 Å². The summed E-state index contributed by atoms with van der Waals surface area (Å²) in [5, 5.41) is 17.1. The molecule has 9 nitrogen and oxygen atoms in total. The molecule has 136 valence electrons. The maximum absolute atomic E-state index is 11.6. The van der Waals surface area contributed by atoms with Crippen LogP contribution in [0.3, 0.4) is 0 Å². The lowest BCUT2D eigenvalue weighted by atomic mass is 10.2. The maximum atomic E-state index is 11.6. The first-order valence-corrected chi connectivity index (χ1v) is 8.07. The number of rotatable bonds is 6. The summed E-state index contributed by atoms with van der Waals surface area (Å²) in [5.74, 6) is 2.29. The molecule has 1 amide bonds. The molecule has 9 heteroatoms. The van der Waals surface area contributed by atoms with Crippen molar-refractivity contribution in [3.8, 4) is 0 Å². The lowest BCUT2D eigenvalue weighted by molar-refractivity contribution is 0.0529. The van der Waals surface area contributed by atoms with Crippen molar-refractivity contribution in [3.05, 3.63) is 11.6 Å². The number of hydrogen-bond donors (Lipinski definition) is 3. The Morgan fingerprint density at radius 1 is 1.21 bits per heavy atom. The largest absolute Gasteiger partial charge is 0.444 e. The summed E-state index contributed by atoms with van der Waals surface area (Å²) in [4.78, 5) is 16.0. The maximum Gasteiger partial charge on any atom is 0.407 e. The summed E-state index contributed by atoms with van der Waals surface area (Å²) < 4.78 is 7.07. The fourth-order valence-corrected chi connectivity index (χ4v) is 1.74. The van der Waals surface area contributed by atoms with E-state index >= 15 is 0 Å². The van der Waals surface area contributed by atoms with Crippen molar-refractivity contribution in [3.63, 3.8) is 0 Å². The number of ether oxygens (including phenoxy) is 1. The average molecular weight is 339 g/mol. The number of hydrogen-bond acceptors (Lipinski definition) is 5. The minimum Gasteiger partial charge on any atom is -0.444 e. The van der Waals surface area contributed by atoms with E-state index in [-0.39, 0.29) is 0 Å². The van der Waals surface area contributed by atoms with Crippen LogP contribution < -0.4 is 16.0 Å². The molecule has 0 aliphatic carbocycles. The van der Waals surface area contributed by atoms with E-state index in [1.807, 2.05) is 46.2 Å². The van der Waals surface area contributed by atoms with E-state index in [9.17, 15) is 4.79 Å². The minimum absolute atomic E-state index is 0.423. The normalized spacial score (nSPS) is 12.0. The molecule has 0 atom stereocenters. The molecule has 1 aromatic rings. The van der Waals surface area contributed by atoms with Gasteiger partial charge in [-0.1, -0.05) is 0 Å². The molecule has 0 aromatic carbocycles. The van der Waals surface area contributed by atoms with Gasteiger partial charge in [0.05, 0.1) is 0 Å². The fraction of sp³-hybridized carbons (Fsp3) is 0.733. The highest BCUT2D eigenvalue weighted by atomic mass is 16.6. The Labute approximate surface area is 143 Å².